The van der Waals surface area contributed by atoms with Crippen LogP contribution in [0.4, 0.5) is 0 Å². The number of H-pyrrole nitrogens is 1. The fraction of sp³-hybridized carbons (Fsp3) is 0.312. The Kier molecular flexibility index (Phi) is 4.38. The Morgan fingerprint density at radius 2 is 2.13 bits per heavy atom. The maximum absolute atomic E-state index is 12.3. The van der Waals surface area contributed by atoms with Crippen LogP contribution in [0.5, 0.6) is 5.75 Å². The molecule has 7 heteroatoms. The summed E-state index contributed by atoms with van der Waals surface area (Å²) in [7, 11) is 0. The minimum Gasteiger partial charge on any atom is -0.501 e. The van der Waals surface area contributed by atoms with Crippen LogP contribution in [0.2, 0.25) is 0 Å². The maximum atomic E-state index is 12.3. The van der Waals surface area contributed by atoms with Gasteiger partial charge in [-0.05, 0) is 24.9 Å². The van der Waals surface area contributed by atoms with Crippen molar-refractivity contribution in [3.05, 3.63) is 57.8 Å². The lowest BCUT2D eigenvalue weighted by atomic mass is 10.2. The smallest absolute Gasteiger partial charge is 0.293 e. The number of carbonyl (C=O) groups is 1. The molecular formula is C16H18N4O3. The molecule has 1 atom stereocenters. The zero-order chi connectivity index (χ0) is 16.2. The van der Waals surface area contributed by atoms with E-state index in [1.54, 1.807) is 0 Å². The monoisotopic (exact) mass is 314 g/mol. The van der Waals surface area contributed by atoms with Crippen LogP contribution < -0.4 is 16.2 Å². The summed E-state index contributed by atoms with van der Waals surface area (Å²) >= 11 is 0. The minimum absolute atomic E-state index is 0.0935. The van der Waals surface area contributed by atoms with Crippen LogP contribution in [0.3, 0.4) is 0 Å². The van der Waals surface area contributed by atoms with Gasteiger partial charge in [-0.3, -0.25) is 9.59 Å². The lowest BCUT2D eigenvalue weighted by Crippen LogP contribution is -2.28. The molecule has 23 heavy (non-hydrogen) atoms. The molecule has 1 fully saturated rings. The molecule has 0 bridgehead atoms. The molecule has 1 unspecified atom stereocenters. The van der Waals surface area contributed by atoms with Gasteiger partial charge in [0, 0.05) is 6.54 Å². The Bertz CT molecular complexity index is 752. The van der Waals surface area contributed by atoms with Crippen molar-refractivity contribution in [2.45, 2.75) is 25.4 Å². The highest BCUT2D eigenvalue weighted by atomic mass is 16.3. The van der Waals surface area contributed by atoms with Crippen molar-refractivity contribution in [3.63, 3.8) is 0 Å². The second kappa shape index (κ2) is 6.62. The summed E-state index contributed by atoms with van der Waals surface area (Å²) in [5.41, 5.74) is -0.0233. The highest BCUT2D eigenvalue weighted by Crippen LogP contribution is 2.20. The van der Waals surface area contributed by atoms with Gasteiger partial charge in [0.15, 0.2) is 5.69 Å². The average Bonchev–Trinajstić information content (AvgIpc) is 3.10. The first-order chi connectivity index (χ1) is 11.1. The number of hydrogen-bond donors (Lipinski definition) is 4. The van der Waals surface area contributed by atoms with E-state index in [1.807, 2.05) is 30.3 Å². The zero-order valence-electron chi connectivity index (χ0n) is 12.5. The number of aromatic hydroxyl groups is 1. The van der Waals surface area contributed by atoms with Gasteiger partial charge >= 0.3 is 0 Å². The van der Waals surface area contributed by atoms with Gasteiger partial charge in [-0.1, -0.05) is 30.3 Å². The first kappa shape index (κ1) is 15.2. The van der Waals surface area contributed by atoms with E-state index in [4.69, 9.17) is 0 Å². The van der Waals surface area contributed by atoms with E-state index in [9.17, 15) is 14.7 Å². The Balaban J connectivity index is 1.80. The van der Waals surface area contributed by atoms with Crippen LogP contribution in [0.15, 0.2) is 35.1 Å². The second-order valence-corrected chi connectivity index (χ2v) is 5.47. The molecule has 1 aromatic carbocycles. The summed E-state index contributed by atoms with van der Waals surface area (Å²) < 4.78 is 0. The number of amides is 1. The zero-order valence-corrected chi connectivity index (χ0v) is 12.5. The lowest BCUT2D eigenvalue weighted by molar-refractivity contribution is 0.0942. The van der Waals surface area contributed by atoms with Crippen molar-refractivity contribution in [3.8, 4) is 5.75 Å². The average molecular weight is 314 g/mol. The Hall–Kier alpha value is -2.67. The van der Waals surface area contributed by atoms with Gasteiger partial charge < -0.3 is 20.7 Å². The van der Waals surface area contributed by atoms with E-state index in [-0.39, 0.29) is 11.7 Å². The Labute approximate surface area is 132 Å². The molecule has 1 aliphatic heterocycles. The number of carbonyl (C=O) groups excluding carboxylic acids is 1. The van der Waals surface area contributed by atoms with Gasteiger partial charge in [0.25, 0.3) is 11.5 Å². The van der Waals surface area contributed by atoms with Crippen LogP contribution >= 0.6 is 0 Å². The second-order valence-electron chi connectivity index (χ2n) is 5.47. The topological polar surface area (TPSA) is 107 Å². The van der Waals surface area contributed by atoms with Gasteiger partial charge in [0.2, 0.25) is 5.75 Å². The summed E-state index contributed by atoms with van der Waals surface area (Å²) in [5.74, 6) is -0.843. The highest BCUT2D eigenvalue weighted by Gasteiger charge is 2.23. The summed E-state index contributed by atoms with van der Waals surface area (Å²) in [5, 5.41) is 15.7. The molecule has 1 amide bonds. The predicted molar refractivity (Wildman–Crippen MR) is 84.1 cm³/mol. The van der Waals surface area contributed by atoms with Gasteiger partial charge in [-0.2, -0.15) is 0 Å². The quantitative estimate of drug-likeness (QED) is 0.669. The molecule has 1 saturated heterocycles. The van der Waals surface area contributed by atoms with Crippen LogP contribution in [0.1, 0.15) is 40.8 Å². The number of aromatic amines is 1. The molecule has 2 aromatic rings. The molecule has 0 spiro atoms. The van der Waals surface area contributed by atoms with E-state index in [0.717, 1.165) is 24.9 Å². The van der Waals surface area contributed by atoms with Crippen molar-refractivity contribution in [1.29, 1.82) is 0 Å². The molecule has 2 heterocycles. The minimum atomic E-state index is -0.700. The van der Waals surface area contributed by atoms with Crippen molar-refractivity contribution >= 4 is 5.91 Å². The molecule has 0 aliphatic carbocycles. The molecule has 0 radical (unpaired) electrons. The third-order valence-corrected chi connectivity index (χ3v) is 3.81. The normalized spacial score (nSPS) is 17.1. The Morgan fingerprint density at radius 3 is 2.83 bits per heavy atom. The molecule has 3 rings (SSSR count). The maximum Gasteiger partial charge on any atom is 0.293 e. The standard InChI is InChI=1S/C16H18N4O3/c21-13-12(15(22)18-9-10-5-2-1-3-6-10)19-14(20-16(13)23)11-7-4-8-17-11/h1-3,5-6,11,17,21H,4,7-9H2,(H,18,22)(H,19,20,23). The molecule has 120 valence electrons. The van der Waals surface area contributed by atoms with E-state index in [1.165, 1.54) is 0 Å². The molecule has 1 aliphatic rings. The number of rotatable bonds is 4. The number of nitrogens with zero attached hydrogens (tertiary/aromatic N) is 1. The largest absolute Gasteiger partial charge is 0.501 e. The first-order valence-electron chi connectivity index (χ1n) is 7.54. The van der Waals surface area contributed by atoms with Crippen LogP contribution in [-0.4, -0.2) is 27.5 Å². The molecular weight excluding hydrogens is 296 g/mol. The SMILES string of the molecule is O=C(NCc1ccccc1)c1nc(C2CCCN2)[nH]c(=O)c1O. The van der Waals surface area contributed by atoms with E-state index in [2.05, 4.69) is 20.6 Å². The van der Waals surface area contributed by atoms with Crippen LogP contribution in [0.25, 0.3) is 0 Å². The fourth-order valence-corrected chi connectivity index (χ4v) is 2.59. The van der Waals surface area contributed by atoms with Crippen molar-refractivity contribution in [2.75, 3.05) is 6.54 Å². The van der Waals surface area contributed by atoms with Gasteiger partial charge in [0.1, 0.15) is 5.82 Å². The summed E-state index contributed by atoms with van der Waals surface area (Å²) in [4.78, 5) is 30.8. The van der Waals surface area contributed by atoms with Crippen LogP contribution in [0, 0.1) is 0 Å². The van der Waals surface area contributed by atoms with E-state index >= 15 is 0 Å². The number of hydrogen-bond acceptors (Lipinski definition) is 5. The van der Waals surface area contributed by atoms with Gasteiger partial charge in [-0.15, -0.1) is 0 Å². The van der Waals surface area contributed by atoms with Crippen molar-refractivity contribution in [2.24, 2.45) is 0 Å². The molecule has 7 nitrogen and oxygen atoms in total. The van der Waals surface area contributed by atoms with E-state index in [0.29, 0.717) is 12.4 Å². The van der Waals surface area contributed by atoms with Gasteiger partial charge in [0.05, 0.1) is 6.04 Å². The molecule has 1 aromatic heterocycles. The van der Waals surface area contributed by atoms with Crippen molar-refractivity contribution < 1.29 is 9.90 Å². The molecule has 4 N–H and O–H groups in total. The number of benzene rings is 1. The predicted octanol–water partition coefficient (Wildman–Crippen LogP) is 0.830. The third kappa shape index (κ3) is 3.40. The highest BCUT2D eigenvalue weighted by molar-refractivity contribution is 5.94. The van der Waals surface area contributed by atoms with Crippen LogP contribution in [-0.2, 0) is 6.54 Å². The molecule has 0 saturated carbocycles. The third-order valence-electron chi connectivity index (χ3n) is 3.81. The first-order valence-corrected chi connectivity index (χ1v) is 7.54. The summed E-state index contributed by atoms with van der Waals surface area (Å²) in [6.45, 7) is 1.13. The van der Waals surface area contributed by atoms with E-state index < -0.39 is 17.2 Å². The summed E-state index contributed by atoms with van der Waals surface area (Å²) in [6.07, 6.45) is 1.81. The number of nitrogens with one attached hydrogen (secondary N) is 3. The summed E-state index contributed by atoms with van der Waals surface area (Å²) in [6, 6.07) is 9.28. The van der Waals surface area contributed by atoms with Gasteiger partial charge in [-0.25, -0.2) is 4.98 Å². The van der Waals surface area contributed by atoms with Crippen molar-refractivity contribution in [1.82, 2.24) is 20.6 Å². The lowest BCUT2D eigenvalue weighted by Gasteiger charge is -2.12. The number of aromatic nitrogens is 2. The Morgan fingerprint density at radius 1 is 1.35 bits per heavy atom. The fourth-order valence-electron chi connectivity index (χ4n) is 2.59.